The molecule has 0 saturated carbocycles. The van der Waals surface area contributed by atoms with Crippen LogP contribution in [-0.2, 0) is 24.3 Å². The average molecular weight is 399 g/mol. The molecule has 29 heavy (non-hydrogen) atoms. The maximum Gasteiger partial charge on any atom is 0.220 e. The Balaban J connectivity index is 1.69. The Morgan fingerprint density at radius 1 is 1.14 bits per heavy atom. The number of hydrogen-bond donors (Lipinski definition) is 1. The summed E-state index contributed by atoms with van der Waals surface area (Å²) in [5.41, 5.74) is 2.54. The molecule has 0 aliphatic carbocycles. The fourth-order valence-electron chi connectivity index (χ4n) is 3.74. The Bertz CT molecular complexity index is 811. The second-order valence-corrected chi connectivity index (χ2v) is 8.36. The number of hydrogen-bond acceptors (Lipinski definition) is 5. The zero-order valence-electron chi connectivity index (χ0n) is 18.4. The van der Waals surface area contributed by atoms with Crippen LogP contribution in [0, 0.1) is 5.92 Å². The van der Waals surface area contributed by atoms with Gasteiger partial charge in [0.1, 0.15) is 5.82 Å². The largest absolute Gasteiger partial charge is 0.378 e. The molecule has 0 fully saturated rings. The van der Waals surface area contributed by atoms with Gasteiger partial charge in [-0.25, -0.2) is 0 Å². The molecule has 1 aromatic heterocycles. The van der Waals surface area contributed by atoms with Crippen molar-refractivity contribution in [3.05, 3.63) is 41.5 Å². The lowest BCUT2D eigenvalue weighted by Crippen LogP contribution is -2.34. The normalized spacial score (nSPS) is 15.7. The standard InChI is InChI=1S/C22H34N6O/c1-6-20(29)23-21(16(2)3)22-25-24-19-11-12-27(13-14-28(19)22)15-17-7-9-18(10-8-17)26(4)5/h7-10,16,21H,6,11-15H2,1-5H3,(H,23,29)/t21-/m1/s1. The Kier molecular flexibility index (Phi) is 6.90. The summed E-state index contributed by atoms with van der Waals surface area (Å²) in [6.07, 6.45) is 1.35. The number of rotatable bonds is 7. The lowest BCUT2D eigenvalue weighted by molar-refractivity contribution is -0.121. The van der Waals surface area contributed by atoms with Gasteiger partial charge in [-0.1, -0.05) is 32.9 Å². The van der Waals surface area contributed by atoms with Gasteiger partial charge in [-0.15, -0.1) is 10.2 Å². The van der Waals surface area contributed by atoms with Crippen LogP contribution in [0.2, 0.25) is 0 Å². The van der Waals surface area contributed by atoms with Crippen molar-refractivity contribution in [2.75, 3.05) is 32.1 Å². The Morgan fingerprint density at radius 2 is 1.86 bits per heavy atom. The SMILES string of the molecule is CCC(=O)N[C@@H](c1nnc2n1CCN(Cc1ccc(N(C)C)cc1)CC2)C(C)C. The number of nitrogens with one attached hydrogen (secondary N) is 1. The van der Waals surface area contributed by atoms with Crippen molar-refractivity contribution >= 4 is 11.6 Å². The molecule has 158 valence electrons. The zero-order valence-corrected chi connectivity index (χ0v) is 18.4. The van der Waals surface area contributed by atoms with Crippen molar-refractivity contribution in [2.45, 2.75) is 52.7 Å². The van der Waals surface area contributed by atoms with Gasteiger partial charge in [0.2, 0.25) is 5.91 Å². The first-order chi connectivity index (χ1) is 13.9. The molecule has 1 amide bonds. The zero-order chi connectivity index (χ0) is 21.0. The molecule has 2 heterocycles. The van der Waals surface area contributed by atoms with E-state index in [1.165, 1.54) is 11.3 Å². The van der Waals surface area contributed by atoms with Crippen molar-refractivity contribution in [1.29, 1.82) is 0 Å². The van der Waals surface area contributed by atoms with Gasteiger partial charge in [-0.3, -0.25) is 9.69 Å². The van der Waals surface area contributed by atoms with Gasteiger partial charge in [0, 0.05) is 58.8 Å². The van der Waals surface area contributed by atoms with Gasteiger partial charge in [0.25, 0.3) is 0 Å². The second-order valence-electron chi connectivity index (χ2n) is 8.36. The van der Waals surface area contributed by atoms with Crippen molar-refractivity contribution in [3.8, 4) is 0 Å². The molecule has 0 bridgehead atoms. The molecular weight excluding hydrogens is 364 g/mol. The summed E-state index contributed by atoms with van der Waals surface area (Å²) in [6.45, 7) is 9.78. The molecule has 2 aromatic rings. The minimum Gasteiger partial charge on any atom is -0.378 e. The van der Waals surface area contributed by atoms with E-state index in [0.29, 0.717) is 6.42 Å². The fourth-order valence-corrected chi connectivity index (χ4v) is 3.74. The van der Waals surface area contributed by atoms with E-state index in [1.807, 2.05) is 6.92 Å². The maximum atomic E-state index is 12.0. The van der Waals surface area contributed by atoms with E-state index < -0.39 is 0 Å². The maximum absolute atomic E-state index is 12.0. The number of amides is 1. The van der Waals surface area contributed by atoms with E-state index in [2.05, 4.69) is 82.1 Å². The van der Waals surface area contributed by atoms with Crippen molar-refractivity contribution in [2.24, 2.45) is 5.92 Å². The first-order valence-electron chi connectivity index (χ1n) is 10.6. The molecule has 1 N–H and O–H groups in total. The minimum absolute atomic E-state index is 0.0532. The molecule has 7 heteroatoms. The third kappa shape index (κ3) is 5.15. The van der Waals surface area contributed by atoms with Gasteiger partial charge in [-0.05, 0) is 23.6 Å². The molecule has 1 aliphatic heterocycles. The molecule has 0 unspecified atom stereocenters. The fraction of sp³-hybridized carbons (Fsp3) is 0.591. The number of carbonyl (C=O) groups is 1. The van der Waals surface area contributed by atoms with Crippen LogP contribution < -0.4 is 10.2 Å². The lowest BCUT2D eigenvalue weighted by atomic mass is 10.0. The first-order valence-corrected chi connectivity index (χ1v) is 10.6. The highest BCUT2D eigenvalue weighted by atomic mass is 16.1. The Hall–Kier alpha value is -2.41. The average Bonchev–Trinajstić information content (AvgIpc) is 2.99. The molecule has 1 aromatic carbocycles. The first kappa shape index (κ1) is 21.3. The van der Waals surface area contributed by atoms with E-state index in [0.717, 1.165) is 44.2 Å². The van der Waals surface area contributed by atoms with Gasteiger partial charge < -0.3 is 14.8 Å². The van der Waals surface area contributed by atoms with Crippen LogP contribution in [0.5, 0.6) is 0 Å². The van der Waals surface area contributed by atoms with Crippen LogP contribution in [0.3, 0.4) is 0 Å². The van der Waals surface area contributed by atoms with Gasteiger partial charge in [-0.2, -0.15) is 0 Å². The van der Waals surface area contributed by atoms with Crippen LogP contribution in [0.4, 0.5) is 5.69 Å². The van der Waals surface area contributed by atoms with Crippen molar-refractivity contribution in [1.82, 2.24) is 25.0 Å². The summed E-state index contributed by atoms with van der Waals surface area (Å²) in [6, 6.07) is 8.66. The summed E-state index contributed by atoms with van der Waals surface area (Å²) in [5.74, 6) is 2.21. The van der Waals surface area contributed by atoms with Crippen LogP contribution in [-0.4, -0.2) is 52.8 Å². The molecule has 0 radical (unpaired) electrons. The Labute approximate surface area is 174 Å². The summed E-state index contributed by atoms with van der Waals surface area (Å²) < 4.78 is 2.22. The highest BCUT2D eigenvalue weighted by Gasteiger charge is 2.27. The molecule has 3 rings (SSSR count). The number of anilines is 1. The number of fused-ring (bicyclic) bond motifs is 1. The Morgan fingerprint density at radius 3 is 2.48 bits per heavy atom. The van der Waals surface area contributed by atoms with Crippen molar-refractivity contribution in [3.63, 3.8) is 0 Å². The van der Waals surface area contributed by atoms with Crippen molar-refractivity contribution < 1.29 is 4.79 Å². The predicted octanol–water partition coefficient (Wildman–Crippen LogP) is 2.63. The number of benzene rings is 1. The predicted molar refractivity (Wildman–Crippen MR) is 116 cm³/mol. The van der Waals surface area contributed by atoms with Crippen LogP contribution >= 0.6 is 0 Å². The third-order valence-electron chi connectivity index (χ3n) is 5.59. The van der Waals surface area contributed by atoms with Gasteiger partial charge in [0.15, 0.2) is 5.82 Å². The third-order valence-corrected chi connectivity index (χ3v) is 5.59. The summed E-state index contributed by atoms with van der Waals surface area (Å²) in [5, 5.41) is 12.0. The summed E-state index contributed by atoms with van der Waals surface area (Å²) in [4.78, 5) is 16.6. The minimum atomic E-state index is -0.103. The topological polar surface area (TPSA) is 66.3 Å². The van der Waals surface area contributed by atoms with Crippen LogP contribution in [0.15, 0.2) is 24.3 Å². The molecule has 0 saturated heterocycles. The van der Waals surface area contributed by atoms with E-state index in [1.54, 1.807) is 0 Å². The summed E-state index contributed by atoms with van der Waals surface area (Å²) in [7, 11) is 4.12. The molecular formula is C22H34N6O. The van der Waals surface area contributed by atoms with Gasteiger partial charge >= 0.3 is 0 Å². The number of carbonyl (C=O) groups excluding carboxylic acids is 1. The highest BCUT2D eigenvalue weighted by Crippen LogP contribution is 2.23. The number of nitrogens with zero attached hydrogens (tertiary/aromatic N) is 5. The van der Waals surface area contributed by atoms with E-state index in [9.17, 15) is 4.79 Å². The second kappa shape index (κ2) is 9.39. The quantitative estimate of drug-likeness (QED) is 0.777. The highest BCUT2D eigenvalue weighted by molar-refractivity contribution is 5.75. The van der Waals surface area contributed by atoms with Gasteiger partial charge in [0.05, 0.1) is 6.04 Å². The molecule has 1 aliphatic rings. The smallest absolute Gasteiger partial charge is 0.220 e. The van der Waals surface area contributed by atoms with E-state index in [4.69, 9.17) is 0 Å². The molecule has 7 nitrogen and oxygen atoms in total. The van der Waals surface area contributed by atoms with E-state index in [-0.39, 0.29) is 17.9 Å². The van der Waals surface area contributed by atoms with Crippen LogP contribution in [0.25, 0.3) is 0 Å². The van der Waals surface area contributed by atoms with E-state index >= 15 is 0 Å². The summed E-state index contributed by atoms with van der Waals surface area (Å²) >= 11 is 0. The lowest BCUT2D eigenvalue weighted by Gasteiger charge is -2.23. The molecule has 0 spiro atoms. The molecule has 1 atom stereocenters. The van der Waals surface area contributed by atoms with Crippen LogP contribution in [0.1, 0.15) is 50.4 Å². The number of aromatic nitrogens is 3. The monoisotopic (exact) mass is 398 g/mol.